The van der Waals surface area contributed by atoms with E-state index >= 15 is 0 Å². The average molecular weight is 260 g/mol. The molecule has 0 saturated carbocycles. The fourth-order valence-electron chi connectivity index (χ4n) is 1.85. The minimum Gasteiger partial charge on any atom is -0.492 e. The lowest BCUT2D eigenvalue weighted by Crippen LogP contribution is -2.28. The second-order valence-electron chi connectivity index (χ2n) is 4.32. The Balaban J connectivity index is 2.44. The van der Waals surface area contributed by atoms with Gasteiger partial charge in [-0.2, -0.15) is 0 Å². The van der Waals surface area contributed by atoms with Gasteiger partial charge in [-0.25, -0.2) is 0 Å². The fourth-order valence-corrected chi connectivity index (χ4v) is 1.85. The minimum atomic E-state index is 0.383. The topological polar surface area (TPSA) is 38.5 Å². The summed E-state index contributed by atoms with van der Waals surface area (Å²) in [6, 6.07) is 7.84. The molecule has 0 aliphatic carbocycles. The van der Waals surface area contributed by atoms with E-state index in [1.54, 1.807) is 0 Å². The number of hydrogen-bond acceptors (Lipinski definition) is 3. The normalized spacial score (nSPS) is 10.1. The zero-order valence-electron chi connectivity index (χ0n) is 12.0. The summed E-state index contributed by atoms with van der Waals surface area (Å²) in [6.45, 7) is 8.63. The molecule has 0 bridgehead atoms. The van der Waals surface area contributed by atoms with Gasteiger partial charge in [0.05, 0.1) is 6.54 Å². The molecule has 2 N–H and O–H groups in total. The number of rotatable bonds is 7. The van der Waals surface area contributed by atoms with Crippen LogP contribution in [0.5, 0.6) is 5.75 Å². The van der Waals surface area contributed by atoms with Crippen molar-refractivity contribution >= 4 is 0 Å². The number of benzene rings is 1. The highest BCUT2D eigenvalue weighted by Gasteiger charge is 2.01. The summed E-state index contributed by atoms with van der Waals surface area (Å²) >= 11 is 0. The van der Waals surface area contributed by atoms with E-state index in [1.165, 1.54) is 6.42 Å². The van der Waals surface area contributed by atoms with Crippen LogP contribution in [0, 0.1) is 11.8 Å². The van der Waals surface area contributed by atoms with Crippen molar-refractivity contribution in [2.75, 3.05) is 32.8 Å². The Bertz CT molecular complexity index is 420. The summed E-state index contributed by atoms with van der Waals surface area (Å²) in [5, 5.41) is 0. The smallest absolute Gasteiger partial charge is 0.120 e. The van der Waals surface area contributed by atoms with Crippen LogP contribution in [-0.4, -0.2) is 37.7 Å². The van der Waals surface area contributed by atoms with E-state index in [9.17, 15) is 0 Å². The van der Waals surface area contributed by atoms with Crippen molar-refractivity contribution in [3.05, 3.63) is 29.8 Å². The van der Waals surface area contributed by atoms with E-state index in [4.69, 9.17) is 10.5 Å². The maximum absolute atomic E-state index is 5.76. The highest BCUT2D eigenvalue weighted by molar-refractivity contribution is 5.39. The number of hydrogen-bond donors (Lipinski definition) is 1. The van der Waals surface area contributed by atoms with Gasteiger partial charge in [-0.15, -0.1) is 0 Å². The highest BCUT2D eigenvalue weighted by Crippen LogP contribution is 2.12. The molecule has 104 valence electrons. The molecule has 0 atom stereocenters. The first-order chi connectivity index (χ1) is 9.30. The lowest BCUT2D eigenvalue weighted by molar-refractivity contribution is 0.216. The molecule has 0 unspecified atom stereocenters. The van der Waals surface area contributed by atoms with Crippen molar-refractivity contribution in [3.63, 3.8) is 0 Å². The Hall–Kier alpha value is -1.50. The molecular formula is C16H24N2O. The van der Waals surface area contributed by atoms with Gasteiger partial charge in [-0.1, -0.05) is 31.8 Å². The van der Waals surface area contributed by atoms with Gasteiger partial charge in [-0.3, -0.25) is 0 Å². The summed E-state index contributed by atoms with van der Waals surface area (Å²) < 4.78 is 5.76. The van der Waals surface area contributed by atoms with Gasteiger partial charge in [0.15, 0.2) is 0 Å². The van der Waals surface area contributed by atoms with Gasteiger partial charge in [0.1, 0.15) is 12.4 Å². The molecule has 0 aliphatic heterocycles. The van der Waals surface area contributed by atoms with Crippen LogP contribution < -0.4 is 10.5 Å². The van der Waals surface area contributed by atoms with Crippen molar-refractivity contribution in [1.29, 1.82) is 0 Å². The molecule has 1 aromatic carbocycles. The maximum Gasteiger partial charge on any atom is 0.120 e. The van der Waals surface area contributed by atoms with Crippen LogP contribution in [0.15, 0.2) is 24.3 Å². The second-order valence-corrected chi connectivity index (χ2v) is 4.32. The lowest BCUT2D eigenvalue weighted by Gasteiger charge is -2.19. The second kappa shape index (κ2) is 9.43. The summed E-state index contributed by atoms with van der Waals surface area (Å²) in [4.78, 5) is 2.39. The van der Waals surface area contributed by atoms with Crippen molar-refractivity contribution in [2.45, 2.75) is 20.3 Å². The van der Waals surface area contributed by atoms with E-state index in [0.29, 0.717) is 13.2 Å². The fraction of sp³-hybridized carbons (Fsp3) is 0.500. The molecule has 3 heteroatoms. The number of likely N-dealkylation sites (N-methyl/N-ethyl adjacent to an activating group) is 1. The van der Waals surface area contributed by atoms with Crippen LogP contribution in [-0.2, 0) is 0 Å². The van der Waals surface area contributed by atoms with Crippen molar-refractivity contribution < 1.29 is 4.74 Å². The van der Waals surface area contributed by atoms with Crippen molar-refractivity contribution in [2.24, 2.45) is 5.73 Å². The predicted molar refractivity (Wildman–Crippen MR) is 80.3 cm³/mol. The molecule has 1 aromatic rings. The largest absolute Gasteiger partial charge is 0.492 e. The first-order valence-electron chi connectivity index (χ1n) is 6.94. The molecule has 1 rings (SSSR count). The molecule has 0 saturated heterocycles. The van der Waals surface area contributed by atoms with E-state index in [1.807, 2.05) is 24.3 Å². The van der Waals surface area contributed by atoms with E-state index in [-0.39, 0.29) is 0 Å². The molecule has 19 heavy (non-hydrogen) atoms. The third-order valence-electron chi connectivity index (χ3n) is 2.83. The van der Waals surface area contributed by atoms with Crippen LogP contribution >= 0.6 is 0 Å². The van der Waals surface area contributed by atoms with Crippen LogP contribution in [0.3, 0.4) is 0 Å². The van der Waals surface area contributed by atoms with Crippen LogP contribution in [0.1, 0.15) is 25.8 Å². The zero-order chi connectivity index (χ0) is 13.9. The summed E-state index contributed by atoms with van der Waals surface area (Å²) in [5.41, 5.74) is 6.31. The Morgan fingerprint density at radius 2 is 2.11 bits per heavy atom. The number of nitrogens with two attached hydrogens (primary N) is 1. The first kappa shape index (κ1) is 15.6. The molecule has 0 radical (unpaired) electrons. The van der Waals surface area contributed by atoms with E-state index in [0.717, 1.165) is 30.9 Å². The summed E-state index contributed by atoms with van der Waals surface area (Å²) in [7, 11) is 0. The SMILES string of the molecule is CCCN(CC)CCOc1cccc(C#CCN)c1. The van der Waals surface area contributed by atoms with E-state index in [2.05, 4.69) is 30.6 Å². The number of ether oxygens (including phenoxy) is 1. The molecular weight excluding hydrogens is 236 g/mol. The highest BCUT2D eigenvalue weighted by atomic mass is 16.5. The van der Waals surface area contributed by atoms with Gasteiger partial charge in [-0.05, 0) is 37.7 Å². The zero-order valence-corrected chi connectivity index (χ0v) is 12.0. The van der Waals surface area contributed by atoms with Gasteiger partial charge in [0.25, 0.3) is 0 Å². The minimum absolute atomic E-state index is 0.383. The molecule has 0 spiro atoms. The lowest BCUT2D eigenvalue weighted by atomic mass is 10.2. The van der Waals surface area contributed by atoms with Gasteiger partial charge >= 0.3 is 0 Å². The first-order valence-corrected chi connectivity index (χ1v) is 6.94. The Morgan fingerprint density at radius 1 is 1.26 bits per heavy atom. The van der Waals surface area contributed by atoms with Crippen LogP contribution in [0.25, 0.3) is 0 Å². The van der Waals surface area contributed by atoms with E-state index < -0.39 is 0 Å². The molecule has 0 heterocycles. The summed E-state index contributed by atoms with van der Waals surface area (Å²) in [5.74, 6) is 6.73. The maximum atomic E-state index is 5.76. The molecule has 0 aliphatic rings. The summed E-state index contributed by atoms with van der Waals surface area (Å²) in [6.07, 6.45) is 1.18. The Labute approximate surface area is 116 Å². The third-order valence-corrected chi connectivity index (χ3v) is 2.83. The standard InChI is InChI=1S/C16H24N2O/c1-3-11-18(4-2)12-13-19-16-9-5-7-15(14-16)8-6-10-17/h5,7,9,14H,3-4,10-13,17H2,1-2H3. The molecule has 0 aromatic heterocycles. The average Bonchev–Trinajstić information content (AvgIpc) is 2.44. The van der Waals surface area contributed by atoms with Gasteiger partial charge in [0.2, 0.25) is 0 Å². The quantitative estimate of drug-likeness (QED) is 0.763. The van der Waals surface area contributed by atoms with Crippen LogP contribution in [0.4, 0.5) is 0 Å². The van der Waals surface area contributed by atoms with Crippen LogP contribution in [0.2, 0.25) is 0 Å². The Kier molecular flexibility index (Phi) is 7.72. The van der Waals surface area contributed by atoms with Crippen molar-refractivity contribution in [3.8, 4) is 17.6 Å². The predicted octanol–water partition coefficient (Wildman–Crippen LogP) is 2.11. The molecule has 0 fully saturated rings. The monoisotopic (exact) mass is 260 g/mol. The molecule has 3 nitrogen and oxygen atoms in total. The van der Waals surface area contributed by atoms with Crippen molar-refractivity contribution in [1.82, 2.24) is 4.90 Å². The van der Waals surface area contributed by atoms with Gasteiger partial charge < -0.3 is 15.4 Å². The Morgan fingerprint density at radius 3 is 2.79 bits per heavy atom. The third kappa shape index (κ3) is 6.28. The number of nitrogens with zero attached hydrogens (tertiary/aromatic N) is 1. The molecule has 0 amide bonds. The van der Waals surface area contributed by atoms with Gasteiger partial charge in [0, 0.05) is 12.1 Å².